The van der Waals surface area contributed by atoms with E-state index < -0.39 is 0 Å². The van der Waals surface area contributed by atoms with E-state index in [4.69, 9.17) is 4.52 Å². The smallest absolute Gasteiger partial charge is 0.246 e. The van der Waals surface area contributed by atoms with Crippen LogP contribution in [0.3, 0.4) is 0 Å². The first kappa shape index (κ1) is 16.0. The van der Waals surface area contributed by atoms with E-state index in [0.29, 0.717) is 24.9 Å². The second-order valence-corrected chi connectivity index (χ2v) is 6.31. The van der Waals surface area contributed by atoms with E-state index >= 15 is 0 Å². The Morgan fingerprint density at radius 2 is 2.00 bits per heavy atom. The van der Waals surface area contributed by atoms with E-state index in [1.807, 2.05) is 37.3 Å². The summed E-state index contributed by atoms with van der Waals surface area (Å²) in [7, 11) is 0. The third kappa shape index (κ3) is 4.10. The zero-order valence-corrected chi connectivity index (χ0v) is 13.7. The Morgan fingerprint density at radius 3 is 2.70 bits per heavy atom. The van der Waals surface area contributed by atoms with Gasteiger partial charge in [-0.3, -0.25) is 0 Å². The van der Waals surface area contributed by atoms with Crippen LogP contribution in [0.1, 0.15) is 56.7 Å². The molecule has 0 radical (unpaired) electrons. The van der Waals surface area contributed by atoms with E-state index in [1.54, 1.807) is 0 Å². The standard InChI is InChI=1S/C18H25N3O2/c1-2-16(22)12-21(15-10-4-3-5-11-15)13-17-19-18(20-23-17)14-8-6-7-9-14/h3-5,10-11,14,16,22H,2,6-9,12-13H2,1H3. The van der Waals surface area contributed by atoms with E-state index in [-0.39, 0.29) is 6.10 Å². The van der Waals surface area contributed by atoms with Gasteiger partial charge in [0.15, 0.2) is 5.82 Å². The number of aromatic nitrogens is 2. The maximum absolute atomic E-state index is 10.0. The van der Waals surface area contributed by atoms with Gasteiger partial charge in [0.1, 0.15) is 0 Å². The molecule has 1 aromatic carbocycles. The Hall–Kier alpha value is -1.88. The summed E-state index contributed by atoms with van der Waals surface area (Å²) in [5.41, 5.74) is 1.06. The number of hydrogen-bond donors (Lipinski definition) is 1. The van der Waals surface area contributed by atoms with Gasteiger partial charge in [-0.15, -0.1) is 0 Å². The average molecular weight is 315 g/mol. The normalized spacial score (nSPS) is 16.6. The first-order chi connectivity index (χ1) is 11.3. The molecule has 124 valence electrons. The molecule has 5 heteroatoms. The van der Waals surface area contributed by atoms with Crippen LogP contribution in [0.4, 0.5) is 5.69 Å². The Kier molecular flexibility index (Phi) is 5.28. The first-order valence-corrected chi connectivity index (χ1v) is 8.56. The van der Waals surface area contributed by atoms with E-state index in [0.717, 1.165) is 30.8 Å². The van der Waals surface area contributed by atoms with Gasteiger partial charge in [0.25, 0.3) is 0 Å². The molecule has 1 N–H and O–H groups in total. The Morgan fingerprint density at radius 1 is 1.26 bits per heavy atom. The highest BCUT2D eigenvalue weighted by Crippen LogP contribution is 2.32. The highest BCUT2D eigenvalue weighted by molar-refractivity contribution is 5.46. The van der Waals surface area contributed by atoms with Crippen molar-refractivity contribution in [3.8, 4) is 0 Å². The van der Waals surface area contributed by atoms with Crippen LogP contribution in [-0.2, 0) is 6.54 Å². The molecule has 2 aromatic rings. The lowest BCUT2D eigenvalue weighted by atomic mass is 10.1. The summed E-state index contributed by atoms with van der Waals surface area (Å²) in [6.07, 6.45) is 5.19. The summed E-state index contributed by atoms with van der Waals surface area (Å²) in [5, 5.41) is 14.2. The molecule has 0 spiro atoms. The SMILES string of the molecule is CCC(O)CN(Cc1nc(C2CCCC2)no1)c1ccccc1. The van der Waals surface area contributed by atoms with Gasteiger partial charge in [0.2, 0.25) is 5.89 Å². The molecule has 1 saturated carbocycles. The predicted molar refractivity (Wildman–Crippen MR) is 89.3 cm³/mol. The highest BCUT2D eigenvalue weighted by Gasteiger charge is 2.23. The van der Waals surface area contributed by atoms with E-state index in [1.165, 1.54) is 12.8 Å². The van der Waals surface area contributed by atoms with Crippen LogP contribution in [0.25, 0.3) is 0 Å². The molecule has 0 aliphatic heterocycles. The van der Waals surface area contributed by atoms with Crippen LogP contribution in [0, 0.1) is 0 Å². The minimum Gasteiger partial charge on any atom is -0.391 e. The number of aliphatic hydroxyl groups excluding tert-OH is 1. The molecule has 1 fully saturated rings. The Balaban J connectivity index is 1.72. The quantitative estimate of drug-likeness (QED) is 0.847. The van der Waals surface area contributed by atoms with Crippen molar-refractivity contribution < 1.29 is 9.63 Å². The lowest BCUT2D eigenvalue weighted by Gasteiger charge is -2.25. The van der Waals surface area contributed by atoms with Gasteiger partial charge in [0, 0.05) is 18.2 Å². The van der Waals surface area contributed by atoms with Crippen molar-refractivity contribution in [2.24, 2.45) is 0 Å². The predicted octanol–water partition coefficient (Wildman–Crippen LogP) is 3.50. The number of aliphatic hydroxyl groups is 1. The molecular weight excluding hydrogens is 290 g/mol. The van der Waals surface area contributed by atoms with Crippen molar-refractivity contribution in [2.45, 2.75) is 57.6 Å². The fourth-order valence-electron chi connectivity index (χ4n) is 3.13. The summed E-state index contributed by atoms with van der Waals surface area (Å²) >= 11 is 0. The number of hydrogen-bond acceptors (Lipinski definition) is 5. The molecule has 1 unspecified atom stereocenters. The Bertz CT molecular complexity index is 593. The molecule has 1 aliphatic carbocycles. The van der Waals surface area contributed by atoms with Gasteiger partial charge in [-0.2, -0.15) is 4.98 Å². The van der Waals surface area contributed by atoms with E-state index in [2.05, 4.69) is 15.0 Å². The van der Waals surface area contributed by atoms with Gasteiger partial charge in [0.05, 0.1) is 12.6 Å². The Labute approximate surface area is 137 Å². The summed E-state index contributed by atoms with van der Waals surface area (Å²) in [6, 6.07) is 10.1. The zero-order chi connectivity index (χ0) is 16.1. The van der Waals surface area contributed by atoms with E-state index in [9.17, 15) is 5.11 Å². The average Bonchev–Trinajstić information content (AvgIpc) is 3.26. The molecule has 0 saturated heterocycles. The second kappa shape index (κ2) is 7.59. The van der Waals surface area contributed by atoms with Crippen molar-refractivity contribution in [1.29, 1.82) is 0 Å². The fourth-order valence-corrected chi connectivity index (χ4v) is 3.13. The topological polar surface area (TPSA) is 62.4 Å². The molecule has 0 amide bonds. The zero-order valence-electron chi connectivity index (χ0n) is 13.7. The van der Waals surface area contributed by atoms with Gasteiger partial charge < -0.3 is 14.5 Å². The van der Waals surface area contributed by atoms with Gasteiger partial charge >= 0.3 is 0 Å². The monoisotopic (exact) mass is 315 g/mol. The summed E-state index contributed by atoms with van der Waals surface area (Å²) < 4.78 is 5.46. The third-order valence-corrected chi connectivity index (χ3v) is 4.55. The van der Waals surface area contributed by atoms with Gasteiger partial charge in [-0.1, -0.05) is 43.1 Å². The molecular formula is C18H25N3O2. The third-order valence-electron chi connectivity index (χ3n) is 4.55. The van der Waals surface area contributed by atoms with Crippen molar-refractivity contribution in [3.05, 3.63) is 42.0 Å². The van der Waals surface area contributed by atoms with Gasteiger partial charge in [-0.05, 0) is 31.4 Å². The molecule has 23 heavy (non-hydrogen) atoms. The van der Waals surface area contributed by atoms with Crippen molar-refractivity contribution in [3.63, 3.8) is 0 Å². The lowest BCUT2D eigenvalue weighted by molar-refractivity contribution is 0.174. The number of rotatable bonds is 7. The molecule has 0 bridgehead atoms. The molecule has 1 heterocycles. The van der Waals surface area contributed by atoms with Gasteiger partial charge in [-0.25, -0.2) is 0 Å². The van der Waals surface area contributed by atoms with Crippen LogP contribution in [0.5, 0.6) is 0 Å². The van der Waals surface area contributed by atoms with Crippen LogP contribution < -0.4 is 4.90 Å². The summed E-state index contributed by atoms with van der Waals surface area (Å²) in [5.74, 6) is 1.93. The van der Waals surface area contributed by atoms with Crippen LogP contribution in [0.15, 0.2) is 34.9 Å². The van der Waals surface area contributed by atoms with Crippen molar-refractivity contribution >= 4 is 5.69 Å². The second-order valence-electron chi connectivity index (χ2n) is 6.31. The fraction of sp³-hybridized carbons (Fsp3) is 0.556. The highest BCUT2D eigenvalue weighted by atomic mass is 16.5. The molecule has 1 atom stereocenters. The number of anilines is 1. The maximum atomic E-state index is 10.0. The minimum absolute atomic E-state index is 0.368. The number of nitrogens with zero attached hydrogens (tertiary/aromatic N) is 3. The molecule has 1 aliphatic rings. The first-order valence-electron chi connectivity index (χ1n) is 8.56. The van der Waals surface area contributed by atoms with Crippen molar-refractivity contribution in [2.75, 3.05) is 11.4 Å². The van der Waals surface area contributed by atoms with Crippen LogP contribution >= 0.6 is 0 Å². The number of para-hydroxylation sites is 1. The van der Waals surface area contributed by atoms with Crippen molar-refractivity contribution in [1.82, 2.24) is 10.1 Å². The lowest BCUT2D eigenvalue weighted by Crippen LogP contribution is -2.31. The minimum atomic E-state index is -0.368. The number of benzene rings is 1. The van der Waals surface area contributed by atoms with Crippen LogP contribution in [0.2, 0.25) is 0 Å². The largest absolute Gasteiger partial charge is 0.391 e. The van der Waals surface area contributed by atoms with Crippen LogP contribution in [-0.4, -0.2) is 27.9 Å². The molecule has 5 nitrogen and oxygen atoms in total. The maximum Gasteiger partial charge on any atom is 0.246 e. The summed E-state index contributed by atoms with van der Waals surface area (Å²) in [4.78, 5) is 6.69. The molecule has 3 rings (SSSR count). The molecule has 1 aromatic heterocycles. The summed E-state index contributed by atoms with van der Waals surface area (Å²) in [6.45, 7) is 3.07.